The number of piperidine rings is 1. The SMILES string of the molecule is Cc1ccc(C2CCN(C(=O)O)CC2O)cc1. The quantitative estimate of drug-likeness (QED) is 0.780. The molecule has 2 atom stereocenters. The van der Waals surface area contributed by atoms with Crippen LogP contribution in [-0.2, 0) is 0 Å². The molecule has 2 N–H and O–H groups in total. The van der Waals surface area contributed by atoms with Gasteiger partial charge in [-0.1, -0.05) is 29.8 Å². The number of rotatable bonds is 1. The van der Waals surface area contributed by atoms with E-state index in [4.69, 9.17) is 5.11 Å². The van der Waals surface area contributed by atoms with E-state index in [1.807, 2.05) is 31.2 Å². The largest absolute Gasteiger partial charge is 0.465 e. The van der Waals surface area contributed by atoms with Gasteiger partial charge in [0.15, 0.2) is 0 Å². The number of hydrogen-bond acceptors (Lipinski definition) is 2. The van der Waals surface area contributed by atoms with Crippen molar-refractivity contribution in [2.24, 2.45) is 0 Å². The maximum atomic E-state index is 10.8. The first-order valence-electron chi connectivity index (χ1n) is 5.80. The number of β-amino-alcohol motifs (C(OH)–C–C–N with tert-alkyl or cyclic N) is 1. The van der Waals surface area contributed by atoms with E-state index in [-0.39, 0.29) is 12.5 Å². The van der Waals surface area contributed by atoms with Crippen LogP contribution < -0.4 is 0 Å². The van der Waals surface area contributed by atoms with Crippen LogP contribution in [0.4, 0.5) is 4.79 Å². The second-order valence-corrected chi connectivity index (χ2v) is 4.60. The monoisotopic (exact) mass is 235 g/mol. The lowest BCUT2D eigenvalue weighted by molar-refractivity contribution is 0.0504. The fourth-order valence-corrected chi connectivity index (χ4v) is 2.31. The molecule has 1 fully saturated rings. The van der Waals surface area contributed by atoms with Crippen molar-refractivity contribution in [3.05, 3.63) is 35.4 Å². The van der Waals surface area contributed by atoms with Crippen LogP contribution in [0.15, 0.2) is 24.3 Å². The van der Waals surface area contributed by atoms with Crippen molar-refractivity contribution in [3.63, 3.8) is 0 Å². The maximum absolute atomic E-state index is 10.8. The van der Waals surface area contributed by atoms with Gasteiger partial charge in [0, 0.05) is 12.5 Å². The number of hydrogen-bond donors (Lipinski definition) is 2. The van der Waals surface area contributed by atoms with Gasteiger partial charge in [0.25, 0.3) is 0 Å². The highest BCUT2D eigenvalue weighted by atomic mass is 16.4. The number of aliphatic hydroxyl groups is 1. The fourth-order valence-electron chi connectivity index (χ4n) is 2.31. The first kappa shape index (κ1) is 11.9. The van der Waals surface area contributed by atoms with Crippen molar-refractivity contribution in [1.29, 1.82) is 0 Å². The summed E-state index contributed by atoms with van der Waals surface area (Å²) in [5.41, 5.74) is 2.28. The van der Waals surface area contributed by atoms with Gasteiger partial charge in [-0.05, 0) is 18.9 Å². The fraction of sp³-hybridized carbons (Fsp3) is 0.462. The highest BCUT2D eigenvalue weighted by molar-refractivity contribution is 5.65. The van der Waals surface area contributed by atoms with Gasteiger partial charge in [-0.3, -0.25) is 0 Å². The molecular weight excluding hydrogens is 218 g/mol. The Balaban J connectivity index is 2.09. The second kappa shape index (κ2) is 4.75. The Morgan fingerprint density at radius 2 is 2.00 bits per heavy atom. The molecule has 4 heteroatoms. The van der Waals surface area contributed by atoms with Crippen LogP contribution >= 0.6 is 0 Å². The molecule has 2 rings (SSSR count). The van der Waals surface area contributed by atoms with Crippen LogP contribution in [0.2, 0.25) is 0 Å². The van der Waals surface area contributed by atoms with Crippen molar-refractivity contribution < 1.29 is 15.0 Å². The van der Waals surface area contributed by atoms with Crippen LogP contribution in [0, 0.1) is 6.92 Å². The van der Waals surface area contributed by atoms with E-state index >= 15 is 0 Å². The molecule has 1 saturated heterocycles. The van der Waals surface area contributed by atoms with E-state index in [9.17, 15) is 9.90 Å². The second-order valence-electron chi connectivity index (χ2n) is 4.60. The molecule has 0 radical (unpaired) electrons. The van der Waals surface area contributed by atoms with Crippen molar-refractivity contribution in [2.75, 3.05) is 13.1 Å². The zero-order valence-electron chi connectivity index (χ0n) is 9.84. The number of carbonyl (C=O) groups is 1. The summed E-state index contributed by atoms with van der Waals surface area (Å²) in [6.45, 7) is 2.71. The molecule has 0 saturated carbocycles. The normalized spacial score (nSPS) is 24.7. The van der Waals surface area contributed by atoms with E-state index in [2.05, 4.69) is 0 Å². The minimum Gasteiger partial charge on any atom is -0.465 e. The average Bonchev–Trinajstić information content (AvgIpc) is 2.30. The lowest BCUT2D eigenvalue weighted by Crippen LogP contribution is -2.45. The molecule has 0 aromatic heterocycles. The predicted molar refractivity (Wildman–Crippen MR) is 64.1 cm³/mol. The van der Waals surface area contributed by atoms with E-state index < -0.39 is 12.2 Å². The molecule has 4 nitrogen and oxygen atoms in total. The minimum atomic E-state index is -0.952. The number of aryl methyl sites for hydroxylation is 1. The summed E-state index contributed by atoms with van der Waals surface area (Å²) in [6, 6.07) is 8.07. The lowest BCUT2D eigenvalue weighted by Gasteiger charge is -2.34. The lowest BCUT2D eigenvalue weighted by atomic mass is 9.87. The third-order valence-electron chi connectivity index (χ3n) is 3.36. The van der Waals surface area contributed by atoms with E-state index in [1.165, 1.54) is 10.5 Å². The summed E-state index contributed by atoms with van der Waals surface area (Å²) in [4.78, 5) is 12.1. The highest BCUT2D eigenvalue weighted by Gasteiger charge is 2.30. The summed E-state index contributed by atoms with van der Waals surface area (Å²) < 4.78 is 0. The highest BCUT2D eigenvalue weighted by Crippen LogP contribution is 2.28. The Labute approximate surface area is 100 Å². The third kappa shape index (κ3) is 2.58. The topological polar surface area (TPSA) is 60.8 Å². The first-order valence-corrected chi connectivity index (χ1v) is 5.80. The minimum absolute atomic E-state index is 0.0474. The smallest absolute Gasteiger partial charge is 0.407 e. The number of amides is 1. The Bertz CT molecular complexity index is 402. The van der Waals surface area contributed by atoms with Gasteiger partial charge in [-0.15, -0.1) is 0 Å². The molecule has 1 heterocycles. The van der Waals surface area contributed by atoms with Gasteiger partial charge in [0.2, 0.25) is 0 Å². The zero-order valence-corrected chi connectivity index (χ0v) is 9.84. The van der Waals surface area contributed by atoms with Gasteiger partial charge < -0.3 is 15.1 Å². The number of aliphatic hydroxyl groups excluding tert-OH is 1. The Morgan fingerprint density at radius 3 is 2.53 bits per heavy atom. The van der Waals surface area contributed by atoms with Crippen LogP contribution in [0.25, 0.3) is 0 Å². The molecule has 1 aliphatic rings. The summed E-state index contributed by atoms with van der Waals surface area (Å²) in [5.74, 6) is 0.0474. The van der Waals surface area contributed by atoms with Crippen molar-refractivity contribution in [2.45, 2.75) is 25.4 Å². The number of likely N-dealkylation sites (tertiary alicyclic amines) is 1. The van der Waals surface area contributed by atoms with E-state index in [0.29, 0.717) is 13.0 Å². The molecule has 1 aliphatic heterocycles. The van der Waals surface area contributed by atoms with E-state index in [0.717, 1.165) is 5.56 Å². The van der Waals surface area contributed by atoms with E-state index in [1.54, 1.807) is 0 Å². The number of benzene rings is 1. The van der Waals surface area contributed by atoms with Crippen LogP contribution in [0.5, 0.6) is 0 Å². The predicted octanol–water partition coefficient (Wildman–Crippen LogP) is 1.82. The molecule has 1 amide bonds. The van der Waals surface area contributed by atoms with Crippen molar-refractivity contribution in [1.82, 2.24) is 4.90 Å². The van der Waals surface area contributed by atoms with Crippen LogP contribution in [0.3, 0.4) is 0 Å². The standard InChI is InChI=1S/C13H17NO3/c1-9-2-4-10(5-3-9)11-6-7-14(13(16)17)8-12(11)15/h2-5,11-12,15H,6-8H2,1H3,(H,16,17). The molecule has 1 aromatic carbocycles. The summed E-state index contributed by atoms with van der Waals surface area (Å²) in [5, 5.41) is 18.9. The Hall–Kier alpha value is -1.55. The molecule has 0 spiro atoms. The molecule has 17 heavy (non-hydrogen) atoms. The Morgan fingerprint density at radius 1 is 1.35 bits per heavy atom. The van der Waals surface area contributed by atoms with Crippen LogP contribution in [-0.4, -0.2) is 40.4 Å². The molecule has 0 aliphatic carbocycles. The molecule has 92 valence electrons. The summed E-state index contributed by atoms with van der Waals surface area (Å²) >= 11 is 0. The molecule has 1 aromatic rings. The van der Waals surface area contributed by atoms with Crippen molar-refractivity contribution in [3.8, 4) is 0 Å². The van der Waals surface area contributed by atoms with Crippen molar-refractivity contribution >= 4 is 6.09 Å². The summed E-state index contributed by atoms with van der Waals surface area (Å²) in [7, 11) is 0. The molecule has 0 bridgehead atoms. The number of carboxylic acid groups (broad SMARTS) is 1. The van der Waals surface area contributed by atoms with Gasteiger partial charge in [-0.25, -0.2) is 4.79 Å². The van der Waals surface area contributed by atoms with Gasteiger partial charge >= 0.3 is 6.09 Å². The third-order valence-corrected chi connectivity index (χ3v) is 3.36. The van der Waals surface area contributed by atoms with Gasteiger partial charge in [-0.2, -0.15) is 0 Å². The maximum Gasteiger partial charge on any atom is 0.407 e. The van der Waals surface area contributed by atoms with Gasteiger partial charge in [0.05, 0.1) is 12.6 Å². The first-order chi connectivity index (χ1) is 8.08. The number of nitrogens with zero attached hydrogens (tertiary/aromatic N) is 1. The van der Waals surface area contributed by atoms with Crippen LogP contribution in [0.1, 0.15) is 23.5 Å². The Kier molecular flexibility index (Phi) is 3.33. The average molecular weight is 235 g/mol. The zero-order chi connectivity index (χ0) is 12.4. The molecule has 2 unspecified atom stereocenters. The summed E-state index contributed by atoms with van der Waals surface area (Å²) in [6.07, 6.45) is -0.884. The molecular formula is C13H17NO3. The van der Waals surface area contributed by atoms with Gasteiger partial charge in [0.1, 0.15) is 0 Å².